The molecule has 2 heterocycles. The van der Waals surface area contributed by atoms with Gasteiger partial charge < -0.3 is 20.1 Å². The number of piperidine rings is 1. The minimum absolute atomic E-state index is 0.00988. The van der Waals surface area contributed by atoms with Gasteiger partial charge in [-0.2, -0.15) is 0 Å². The minimum atomic E-state index is -0.404. The van der Waals surface area contributed by atoms with Gasteiger partial charge in [-0.1, -0.05) is 13.8 Å². The second-order valence-corrected chi connectivity index (χ2v) is 6.49. The molecule has 2 saturated heterocycles. The average Bonchev–Trinajstić information content (AvgIpc) is 2.79. The maximum Gasteiger partial charge on any atom is 0.248 e. The zero-order valence-corrected chi connectivity index (χ0v) is 12.9. The molecule has 0 aliphatic carbocycles. The first-order valence-corrected chi connectivity index (χ1v) is 7.79. The lowest BCUT2D eigenvalue weighted by atomic mass is 9.89. The Bertz CT molecular complexity index is 327. The van der Waals surface area contributed by atoms with E-state index < -0.39 is 6.10 Å². The largest absolute Gasteiger partial charge is 0.372 e. The summed E-state index contributed by atoms with van der Waals surface area (Å²) in [5.74, 6) is 0.434. The van der Waals surface area contributed by atoms with Crippen LogP contribution in [0.4, 0.5) is 0 Å². The zero-order valence-electron chi connectivity index (χ0n) is 12.9. The third-order valence-electron chi connectivity index (χ3n) is 4.14. The van der Waals surface area contributed by atoms with Crippen molar-refractivity contribution in [2.75, 3.05) is 26.2 Å². The second-order valence-electron chi connectivity index (χ2n) is 6.49. The Morgan fingerprint density at radius 3 is 2.75 bits per heavy atom. The molecule has 2 N–H and O–H groups in total. The summed E-state index contributed by atoms with van der Waals surface area (Å²) in [6.45, 7) is 9.32. The molecule has 5 heteroatoms. The Hall–Kier alpha value is -0.650. The number of carbonyl (C=O) groups excluding carboxylic acids is 1. The minimum Gasteiger partial charge on any atom is -0.372 e. The van der Waals surface area contributed by atoms with Gasteiger partial charge in [0.05, 0.1) is 18.3 Å². The van der Waals surface area contributed by atoms with E-state index in [1.807, 2.05) is 6.92 Å². The smallest absolute Gasteiger partial charge is 0.248 e. The van der Waals surface area contributed by atoms with E-state index in [-0.39, 0.29) is 17.6 Å². The maximum atomic E-state index is 11.9. The number of hydrogen-bond donors (Lipinski definition) is 2. The van der Waals surface area contributed by atoms with Crippen LogP contribution < -0.4 is 10.6 Å². The van der Waals surface area contributed by atoms with Crippen molar-refractivity contribution in [3.05, 3.63) is 0 Å². The van der Waals surface area contributed by atoms with Gasteiger partial charge in [-0.15, -0.1) is 0 Å². The van der Waals surface area contributed by atoms with Gasteiger partial charge in [0.2, 0.25) is 5.91 Å². The van der Waals surface area contributed by atoms with Gasteiger partial charge in [0.25, 0.3) is 0 Å². The molecule has 0 aromatic carbocycles. The first-order chi connectivity index (χ1) is 9.51. The van der Waals surface area contributed by atoms with Crippen LogP contribution in [0.1, 0.15) is 40.0 Å². The first-order valence-electron chi connectivity index (χ1n) is 7.79. The molecule has 0 radical (unpaired) electrons. The number of hydrogen-bond acceptors (Lipinski definition) is 4. The van der Waals surface area contributed by atoms with Crippen molar-refractivity contribution >= 4 is 5.91 Å². The molecule has 2 rings (SSSR count). The highest BCUT2D eigenvalue weighted by molar-refractivity contribution is 5.80. The molecule has 116 valence electrons. The van der Waals surface area contributed by atoms with Crippen molar-refractivity contribution < 1.29 is 14.3 Å². The fourth-order valence-electron chi connectivity index (χ4n) is 2.92. The third kappa shape index (κ3) is 4.17. The molecular formula is C15H28N2O3. The van der Waals surface area contributed by atoms with Crippen molar-refractivity contribution in [3.8, 4) is 0 Å². The molecule has 1 amide bonds. The van der Waals surface area contributed by atoms with Crippen molar-refractivity contribution in [3.63, 3.8) is 0 Å². The molecule has 2 aliphatic heterocycles. The molecule has 0 aromatic rings. The first kappa shape index (κ1) is 15.7. The SMILES string of the molecule is CC(C)CNC(=O)C(C)OC1COC2(CCNCC2)C1. The number of rotatable bonds is 5. The lowest BCUT2D eigenvalue weighted by Gasteiger charge is -2.32. The lowest BCUT2D eigenvalue weighted by Crippen LogP contribution is -2.42. The van der Waals surface area contributed by atoms with Crippen molar-refractivity contribution in [1.82, 2.24) is 10.6 Å². The van der Waals surface area contributed by atoms with Crippen LogP contribution in [-0.2, 0) is 14.3 Å². The Morgan fingerprint density at radius 1 is 1.40 bits per heavy atom. The van der Waals surface area contributed by atoms with Gasteiger partial charge in [0.1, 0.15) is 6.10 Å². The highest BCUT2D eigenvalue weighted by atomic mass is 16.6. The summed E-state index contributed by atoms with van der Waals surface area (Å²) in [6, 6.07) is 0. The fraction of sp³-hybridized carbons (Fsp3) is 0.933. The summed E-state index contributed by atoms with van der Waals surface area (Å²) >= 11 is 0. The molecule has 0 bridgehead atoms. The Labute approximate surface area is 121 Å². The molecule has 0 saturated carbocycles. The number of ether oxygens (including phenoxy) is 2. The lowest BCUT2D eigenvalue weighted by molar-refractivity contribution is -0.135. The van der Waals surface area contributed by atoms with Gasteiger partial charge in [0.15, 0.2) is 0 Å². The van der Waals surface area contributed by atoms with Gasteiger partial charge in [-0.3, -0.25) is 4.79 Å². The second kappa shape index (κ2) is 6.87. The summed E-state index contributed by atoms with van der Waals surface area (Å²) in [5, 5.41) is 6.26. The maximum absolute atomic E-state index is 11.9. The molecular weight excluding hydrogens is 256 g/mol. The fourth-order valence-corrected chi connectivity index (χ4v) is 2.92. The molecule has 2 atom stereocenters. The topological polar surface area (TPSA) is 59.6 Å². The van der Waals surface area contributed by atoms with Crippen LogP contribution in [0.5, 0.6) is 0 Å². The van der Waals surface area contributed by atoms with E-state index in [1.165, 1.54) is 0 Å². The number of carbonyl (C=O) groups is 1. The van der Waals surface area contributed by atoms with Crippen LogP contribution in [-0.4, -0.2) is 50.0 Å². The molecule has 2 unspecified atom stereocenters. The molecule has 20 heavy (non-hydrogen) atoms. The predicted octanol–water partition coefficient (Wildman–Crippen LogP) is 1.07. The van der Waals surface area contributed by atoms with Crippen LogP contribution in [0, 0.1) is 5.92 Å². The van der Waals surface area contributed by atoms with Crippen LogP contribution >= 0.6 is 0 Å². The number of amides is 1. The van der Waals surface area contributed by atoms with Crippen LogP contribution in [0.15, 0.2) is 0 Å². The van der Waals surface area contributed by atoms with E-state index in [0.717, 1.165) is 32.4 Å². The Morgan fingerprint density at radius 2 is 2.10 bits per heavy atom. The summed E-state index contributed by atoms with van der Waals surface area (Å²) in [4.78, 5) is 11.9. The highest BCUT2D eigenvalue weighted by Gasteiger charge is 2.42. The summed E-state index contributed by atoms with van der Waals surface area (Å²) < 4.78 is 11.9. The Kier molecular flexibility index (Phi) is 5.41. The number of nitrogens with one attached hydrogen (secondary N) is 2. The predicted molar refractivity (Wildman–Crippen MR) is 77.6 cm³/mol. The van der Waals surface area contributed by atoms with E-state index >= 15 is 0 Å². The van der Waals surface area contributed by atoms with Crippen molar-refractivity contribution in [2.24, 2.45) is 5.92 Å². The Balaban J connectivity index is 1.75. The van der Waals surface area contributed by atoms with E-state index in [4.69, 9.17) is 9.47 Å². The summed E-state index contributed by atoms with van der Waals surface area (Å²) in [5.41, 5.74) is -0.00988. The monoisotopic (exact) mass is 284 g/mol. The normalized spacial score (nSPS) is 26.9. The van der Waals surface area contributed by atoms with Crippen molar-refractivity contribution in [2.45, 2.75) is 57.8 Å². The van der Waals surface area contributed by atoms with Crippen LogP contribution in [0.25, 0.3) is 0 Å². The molecule has 1 spiro atoms. The third-order valence-corrected chi connectivity index (χ3v) is 4.14. The van der Waals surface area contributed by atoms with Gasteiger partial charge in [-0.25, -0.2) is 0 Å². The standard InChI is InChI=1S/C15H28N2O3/c1-11(2)9-17-14(18)12(3)20-13-8-15(19-10-13)4-6-16-7-5-15/h11-13,16H,4-10H2,1-3H3,(H,17,18). The van der Waals surface area contributed by atoms with Crippen LogP contribution in [0.2, 0.25) is 0 Å². The molecule has 0 aromatic heterocycles. The highest BCUT2D eigenvalue weighted by Crippen LogP contribution is 2.35. The van der Waals surface area contributed by atoms with E-state index in [1.54, 1.807) is 0 Å². The van der Waals surface area contributed by atoms with Gasteiger partial charge in [0, 0.05) is 13.0 Å². The van der Waals surface area contributed by atoms with Crippen LogP contribution in [0.3, 0.4) is 0 Å². The van der Waals surface area contributed by atoms with Crippen molar-refractivity contribution in [1.29, 1.82) is 0 Å². The summed E-state index contributed by atoms with van der Waals surface area (Å²) in [6.07, 6.45) is 2.64. The summed E-state index contributed by atoms with van der Waals surface area (Å²) in [7, 11) is 0. The van der Waals surface area contributed by atoms with Gasteiger partial charge >= 0.3 is 0 Å². The molecule has 2 fully saturated rings. The van der Waals surface area contributed by atoms with Gasteiger partial charge in [-0.05, 0) is 38.8 Å². The molecule has 2 aliphatic rings. The zero-order chi connectivity index (χ0) is 14.6. The average molecular weight is 284 g/mol. The molecule has 5 nitrogen and oxygen atoms in total. The van der Waals surface area contributed by atoms with E-state index in [0.29, 0.717) is 19.1 Å². The van der Waals surface area contributed by atoms with E-state index in [9.17, 15) is 4.79 Å². The quantitative estimate of drug-likeness (QED) is 0.793. The van der Waals surface area contributed by atoms with E-state index in [2.05, 4.69) is 24.5 Å².